The average Bonchev–Trinajstić information content (AvgIpc) is 2.90. The molecule has 1 saturated heterocycles. The van der Waals surface area contributed by atoms with Gasteiger partial charge in [-0.3, -0.25) is 23.6 Å². The molecule has 1 aromatic carbocycles. The van der Waals surface area contributed by atoms with Crippen molar-refractivity contribution in [1.82, 2.24) is 14.0 Å². The van der Waals surface area contributed by atoms with Crippen LogP contribution in [0, 0.1) is 0 Å². The largest absolute Gasteiger partial charge is 0.480 e. The number of imidazole rings is 1. The van der Waals surface area contributed by atoms with Gasteiger partial charge < -0.3 is 5.11 Å². The van der Waals surface area contributed by atoms with Crippen LogP contribution >= 0.6 is 24.0 Å². The number of aliphatic carboxylic acids is 1. The van der Waals surface area contributed by atoms with Crippen molar-refractivity contribution >= 4 is 57.3 Å². The molecule has 0 radical (unpaired) electrons. The van der Waals surface area contributed by atoms with Gasteiger partial charge in [0.2, 0.25) is 0 Å². The molecule has 124 valence electrons. The highest BCUT2D eigenvalue weighted by Gasteiger charge is 2.33. The van der Waals surface area contributed by atoms with Crippen molar-refractivity contribution in [2.75, 3.05) is 6.54 Å². The van der Waals surface area contributed by atoms with Crippen molar-refractivity contribution in [2.45, 2.75) is 0 Å². The monoisotopic (exact) mass is 363 g/mol. The molecule has 9 heteroatoms. The van der Waals surface area contributed by atoms with E-state index in [-0.39, 0.29) is 10.0 Å². The van der Waals surface area contributed by atoms with E-state index in [0.717, 1.165) is 33.3 Å². The molecule has 0 aliphatic carbocycles. The number of hydrogen-bond donors (Lipinski definition) is 1. The number of hydrogen-bond acceptors (Lipinski definition) is 5. The number of thiocarbonyl (C=S) groups is 1. The number of carboxylic acids is 1. The van der Waals surface area contributed by atoms with Crippen LogP contribution in [0.1, 0.15) is 5.56 Å². The van der Waals surface area contributed by atoms with E-state index in [0.29, 0.717) is 4.91 Å². The number of carboxylic acid groups (broad SMARTS) is 1. The second-order valence-corrected chi connectivity index (χ2v) is 6.99. The Hall–Kier alpha value is -2.39. The Balaban J connectivity index is 2.00. The summed E-state index contributed by atoms with van der Waals surface area (Å²) in [5.41, 5.74) is 2.14. The van der Waals surface area contributed by atoms with Crippen molar-refractivity contribution in [3.63, 3.8) is 0 Å². The van der Waals surface area contributed by atoms with Crippen LogP contribution in [0.5, 0.6) is 0 Å². The SMILES string of the molecule is Cn1c(=O)n(C)c2cc(C=C3SC(=S)N(CC(=O)O)C3=O)ccc21. The molecule has 0 spiro atoms. The summed E-state index contributed by atoms with van der Waals surface area (Å²) in [4.78, 5) is 36.5. The summed E-state index contributed by atoms with van der Waals surface area (Å²) in [6.45, 7) is -0.450. The Kier molecular flexibility index (Phi) is 4.06. The van der Waals surface area contributed by atoms with Gasteiger partial charge in [-0.1, -0.05) is 30.0 Å². The van der Waals surface area contributed by atoms with Gasteiger partial charge in [0.15, 0.2) is 0 Å². The molecule has 7 nitrogen and oxygen atoms in total. The van der Waals surface area contributed by atoms with Gasteiger partial charge in [0, 0.05) is 14.1 Å². The number of nitrogens with zero attached hydrogens (tertiary/aromatic N) is 3. The number of aromatic nitrogens is 2. The molecule has 1 aliphatic heterocycles. The molecular weight excluding hydrogens is 350 g/mol. The fourth-order valence-corrected chi connectivity index (χ4v) is 3.79. The minimum absolute atomic E-state index is 0.130. The Labute approximate surface area is 146 Å². The minimum atomic E-state index is -1.12. The van der Waals surface area contributed by atoms with Crippen LogP contribution in [-0.2, 0) is 23.7 Å². The summed E-state index contributed by atoms with van der Waals surface area (Å²) in [6, 6.07) is 5.41. The maximum absolute atomic E-state index is 12.3. The van der Waals surface area contributed by atoms with E-state index in [9.17, 15) is 14.4 Å². The average molecular weight is 363 g/mol. The lowest BCUT2D eigenvalue weighted by Crippen LogP contribution is -2.33. The quantitative estimate of drug-likeness (QED) is 0.651. The number of aryl methyl sites for hydroxylation is 2. The molecule has 2 heterocycles. The predicted molar refractivity (Wildman–Crippen MR) is 95.7 cm³/mol. The molecule has 1 aliphatic rings. The lowest BCUT2D eigenvalue weighted by Gasteiger charge is -2.10. The maximum Gasteiger partial charge on any atom is 0.328 e. The van der Waals surface area contributed by atoms with Crippen molar-refractivity contribution < 1.29 is 14.7 Å². The second-order valence-electron chi connectivity index (χ2n) is 5.31. The van der Waals surface area contributed by atoms with E-state index < -0.39 is 18.4 Å². The molecule has 0 saturated carbocycles. The first kappa shape index (κ1) is 16.5. The summed E-state index contributed by atoms with van der Waals surface area (Å²) >= 11 is 6.13. The number of thioether (sulfide) groups is 1. The van der Waals surface area contributed by atoms with Crippen molar-refractivity contribution in [2.24, 2.45) is 14.1 Å². The molecule has 1 N–H and O–H groups in total. The summed E-state index contributed by atoms with van der Waals surface area (Å²) in [5.74, 6) is -1.54. The van der Waals surface area contributed by atoms with Crippen LogP contribution in [0.15, 0.2) is 27.9 Å². The van der Waals surface area contributed by atoms with E-state index in [4.69, 9.17) is 17.3 Å². The smallest absolute Gasteiger partial charge is 0.328 e. The lowest BCUT2D eigenvalue weighted by atomic mass is 10.2. The Bertz CT molecular complexity index is 987. The molecule has 0 unspecified atom stereocenters. The molecule has 0 atom stereocenters. The normalized spacial score (nSPS) is 16.6. The molecule has 3 rings (SSSR count). The van der Waals surface area contributed by atoms with E-state index in [2.05, 4.69) is 0 Å². The van der Waals surface area contributed by atoms with Gasteiger partial charge in [-0.2, -0.15) is 0 Å². The highest BCUT2D eigenvalue weighted by Crippen LogP contribution is 2.32. The van der Waals surface area contributed by atoms with E-state index in [1.165, 1.54) is 4.57 Å². The summed E-state index contributed by atoms with van der Waals surface area (Å²) in [7, 11) is 3.38. The second kappa shape index (κ2) is 5.91. The van der Waals surface area contributed by atoms with Crippen LogP contribution in [-0.4, -0.2) is 41.9 Å². The molecular formula is C15H13N3O4S2. The fourth-order valence-electron chi connectivity index (χ4n) is 2.54. The Morgan fingerprint density at radius 1 is 1.25 bits per heavy atom. The maximum atomic E-state index is 12.3. The third-order valence-corrected chi connectivity index (χ3v) is 5.14. The van der Waals surface area contributed by atoms with Gasteiger partial charge in [-0.15, -0.1) is 0 Å². The zero-order chi connectivity index (χ0) is 17.6. The standard InChI is InChI=1S/C15H13N3O4S2/c1-16-9-4-3-8(5-10(9)17(2)14(16)22)6-11-13(21)18(7-12(19)20)15(23)24-11/h3-6H,7H2,1-2H3,(H,19,20). The van der Waals surface area contributed by atoms with Crippen LogP contribution < -0.4 is 5.69 Å². The number of benzene rings is 1. The summed E-state index contributed by atoms with van der Waals surface area (Å²) < 4.78 is 3.30. The van der Waals surface area contributed by atoms with E-state index >= 15 is 0 Å². The Morgan fingerprint density at radius 2 is 1.92 bits per heavy atom. The molecule has 24 heavy (non-hydrogen) atoms. The van der Waals surface area contributed by atoms with Crippen LogP contribution in [0.25, 0.3) is 17.1 Å². The zero-order valence-corrected chi connectivity index (χ0v) is 14.5. The van der Waals surface area contributed by atoms with Crippen molar-refractivity contribution in [3.05, 3.63) is 39.2 Å². The van der Waals surface area contributed by atoms with Gasteiger partial charge in [0.05, 0.1) is 15.9 Å². The summed E-state index contributed by atoms with van der Waals surface area (Å²) in [6.07, 6.45) is 1.65. The van der Waals surface area contributed by atoms with Gasteiger partial charge in [-0.05, 0) is 23.8 Å². The fraction of sp³-hybridized carbons (Fsp3) is 0.200. The summed E-state index contributed by atoms with van der Waals surface area (Å²) in [5, 5.41) is 8.85. The first-order valence-corrected chi connectivity index (χ1v) is 8.14. The van der Waals surface area contributed by atoms with Crippen LogP contribution in [0.3, 0.4) is 0 Å². The molecule has 2 aromatic rings. The van der Waals surface area contributed by atoms with Crippen LogP contribution in [0.4, 0.5) is 0 Å². The molecule has 1 fully saturated rings. The van der Waals surface area contributed by atoms with Crippen LogP contribution in [0.2, 0.25) is 0 Å². The number of carbonyl (C=O) groups is 2. The number of carbonyl (C=O) groups excluding carboxylic acids is 1. The third kappa shape index (κ3) is 2.65. The minimum Gasteiger partial charge on any atom is -0.480 e. The van der Waals surface area contributed by atoms with Gasteiger partial charge >= 0.3 is 11.7 Å². The van der Waals surface area contributed by atoms with Gasteiger partial charge in [0.1, 0.15) is 10.9 Å². The highest BCUT2D eigenvalue weighted by molar-refractivity contribution is 8.26. The predicted octanol–water partition coefficient (Wildman–Crippen LogP) is 1.16. The lowest BCUT2D eigenvalue weighted by molar-refractivity contribution is -0.140. The number of rotatable bonds is 3. The topological polar surface area (TPSA) is 84.5 Å². The number of amides is 1. The third-order valence-electron chi connectivity index (χ3n) is 3.76. The Morgan fingerprint density at radius 3 is 2.58 bits per heavy atom. The zero-order valence-electron chi connectivity index (χ0n) is 12.8. The highest BCUT2D eigenvalue weighted by atomic mass is 32.2. The molecule has 0 bridgehead atoms. The first-order chi connectivity index (χ1) is 11.3. The van der Waals surface area contributed by atoms with Gasteiger partial charge in [-0.25, -0.2) is 4.79 Å². The van der Waals surface area contributed by atoms with E-state index in [1.54, 1.807) is 42.9 Å². The van der Waals surface area contributed by atoms with Crippen molar-refractivity contribution in [3.8, 4) is 0 Å². The molecule has 1 amide bonds. The number of fused-ring (bicyclic) bond motifs is 1. The van der Waals surface area contributed by atoms with Crippen molar-refractivity contribution in [1.29, 1.82) is 0 Å². The van der Waals surface area contributed by atoms with Gasteiger partial charge in [0.25, 0.3) is 5.91 Å². The molecule has 1 aromatic heterocycles. The first-order valence-electron chi connectivity index (χ1n) is 6.92. The van der Waals surface area contributed by atoms with E-state index in [1.807, 2.05) is 0 Å².